The van der Waals surface area contributed by atoms with E-state index in [9.17, 15) is 8.78 Å². The third-order valence-electron chi connectivity index (χ3n) is 3.88. The molecule has 1 saturated heterocycles. The summed E-state index contributed by atoms with van der Waals surface area (Å²) in [6.07, 6.45) is 0. The lowest BCUT2D eigenvalue weighted by molar-refractivity contribution is -0.0194. The summed E-state index contributed by atoms with van der Waals surface area (Å²) in [4.78, 5) is 2.18. The highest BCUT2D eigenvalue weighted by atomic mass is 19.1. The van der Waals surface area contributed by atoms with Crippen molar-refractivity contribution >= 4 is 0 Å². The Balaban J connectivity index is 2.23. The number of hydrogen-bond acceptors (Lipinski definition) is 3. The number of nitrogens with zero attached hydrogens (tertiary/aromatic N) is 1. The predicted molar refractivity (Wildman–Crippen MR) is 69.8 cm³/mol. The molecule has 0 aliphatic carbocycles. The molecule has 0 radical (unpaired) electrons. The Labute approximate surface area is 112 Å². The Morgan fingerprint density at radius 2 is 1.89 bits per heavy atom. The van der Waals surface area contributed by atoms with Crippen LogP contribution in [0.15, 0.2) is 18.2 Å². The van der Waals surface area contributed by atoms with Crippen LogP contribution in [-0.2, 0) is 4.74 Å². The van der Waals surface area contributed by atoms with E-state index < -0.39 is 23.2 Å². The average molecular weight is 270 g/mol. The predicted octanol–water partition coefficient (Wildman–Crippen LogP) is 2.08. The first kappa shape index (κ1) is 14.4. The second-order valence-electron chi connectivity index (χ2n) is 5.40. The molecule has 0 spiro atoms. The highest BCUT2D eigenvalue weighted by Crippen LogP contribution is 2.31. The summed E-state index contributed by atoms with van der Waals surface area (Å²) >= 11 is 0. The van der Waals surface area contributed by atoms with Gasteiger partial charge in [-0.05, 0) is 19.9 Å². The lowest BCUT2D eigenvalue weighted by Crippen LogP contribution is -2.55. The summed E-state index contributed by atoms with van der Waals surface area (Å²) in [6.45, 7) is 6.80. The molecule has 5 heteroatoms. The Hall–Kier alpha value is -1.04. The van der Waals surface area contributed by atoms with Crippen molar-refractivity contribution < 1.29 is 13.5 Å². The highest BCUT2D eigenvalue weighted by Gasteiger charge is 2.36. The van der Waals surface area contributed by atoms with E-state index in [1.165, 1.54) is 12.1 Å². The van der Waals surface area contributed by atoms with Crippen molar-refractivity contribution in [1.29, 1.82) is 0 Å². The number of rotatable bonds is 3. The lowest BCUT2D eigenvalue weighted by atomic mass is 9.87. The molecule has 1 unspecified atom stereocenters. The van der Waals surface area contributed by atoms with Gasteiger partial charge >= 0.3 is 0 Å². The van der Waals surface area contributed by atoms with Crippen LogP contribution >= 0.6 is 0 Å². The van der Waals surface area contributed by atoms with Gasteiger partial charge in [0.15, 0.2) is 0 Å². The largest absolute Gasteiger partial charge is 0.379 e. The van der Waals surface area contributed by atoms with E-state index in [1.807, 2.05) is 13.8 Å². The zero-order valence-electron chi connectivity index (χ0n) is 11.3. The van der Waals surface area contributed by atoms with E-state index in [0.717, 1.165) is 19.2 Å². The minimum atomic E-state index is -0.589. The van der Waals surface area contributed by atoms with Gasteiger partial charge < -0.3 is 10.5 Å². The Kier molecular flexibility index (Phi) is 4.18. The number of morpholine rings is 1. The monoisotopic (exact) mass is 270 g/mol. The van der Waals surface area contributed by atoms with E-state index in [4.69, 9.17) is 10.5 Å². The summed E-state index contributed by atoms with van der Waals surface area (Å²) in [5, 5.41) is 0. The number of hydrogen-bond donors (Lipinski definition) is 1. The van der Waals surface area contributed by atoms with Crippen LogP contribution in [0.4, 0.5) is 8.78 Å². The van der Waals surface area contributed by atoms with E-state index in [-0.39, 0.29) is 0 Å². The zero-order valence-corrected chi connectivity index (χ0v) is 11.3. The minimum absolute atomic E-state index is 0.345. The fourth-order valence-corrected chi connectivity index (χ4v) is 2.47. The summed E-state index contributed by atoms with van der Waals surface area (Å²) in [5.41, 5.74) is 6.14. The number of halogens is 2. The summed E-state index contributed by atoms with van der Waals surface area (Å²) < 4.78 is 32.1. The third-order valence-corrected chi connectivity index (χ3v) is 3.88. The van der Waals surface area contributed by atoms with Crippen molar-refractivity contribution in [3.05, 3.63) is 35.4 Å². The molecule has 106 valence electrons. The standard InChI is InChI=1S/C14H20F2N2O/c1-14(2,18-5-7-19-8-6-18)13(17)11-4-3-10(15)9-12(11)16/h3-4,9,13H,5-8,17H2,1-2H3. The number of nitrogens with two attached hydrogens (primary N) is 1. The van der Waals surface area contributed by atoms with Crippen LogP contribution in [0.2, 0.25) is 0 Å². The molecule has 2 N–H and O–H groups in total. The van der Waals surface area contributed by atoms with E-state index in [2.05, 4.69) is 4.90 Å². The first-order valence-electron chi connectivity index (χ1n) is 6.46. The van der Waals surface area contributed by atoms with Gasteiger partial charge in [-0.2, -0.15) is 0 Å². The summed E-state index contributed by atoms with van der Waals surface area (Å²) in [7, 11) is 0. The molecule has 1 aromatic rings. The molecule has 0 bridgehead atoms. The third kappa shape index (κ3) is 2.94. The SMILES string of the molecule is CC(C)(C(N)c1ccc(F)cc1F)N1CCOCC1. The smallest absolute Gasteiger partial charge is 0.130 e. The molecule has 19 heavy (non-hydrogen) atoms. The molecule has 1 aromatic carbocycles. The fourth-order valence-electron chi connectivity index (χ4n) is 2.47. The molecule has 2 rings (SSSR count). The molecule has 0 saturated carbocycles. The Morgan fingerprint density at radius 3 is 2.47 bits per heavy atom. The second-order valence-corrected chi connectivity index (χ2v) is 5.40. The molecule has 1 aliphatic rings. The van der Waals surface area contributed by atoms with Crippen LogP contribution < -0.4 is 5.73 Å². The molecule has 1 atom stereocenters. The topological polar surface area (TPSA) is 38.5 Å². The quantitative estimate of drug-likeness (QED) is 0.914. The van der Waals surface area contributed by atoms with Crippen LogP contribution in [0.5, 0.6) is 0 Å². The van der Waals surface area contributed by atoms with Crippen LogP contribution in [-0.4, -0.2) is 36.7 Å². The van der Waals surface area contributed by atoms with Gasteiger partial charge in [-0.25, -0.2) is 8.78 Å². The molecule has 1 aliphatic heterocycles. The van der Waals surface area contributed by atoms with Crippen molar-refractivity contribution in [3.8, 4) is 0 Å². The van der Waals surface area contributed by atoms with Gasteiger partial charge in [-0.15, -0.1) is 0 Å². The molecule has 1 heterocycles. The minimum Gasteiger partial charge on any atom is -0.379 e. The lowest BCUT2D eigenvalue weighted by Gasteiger charge is -2.44. The van der Waals surface area contributed by atoms with Crippen molar-refractivity contribution in [2.45, 2.75) is 25.4 Å². The van der Waals surface area contributed by atoms with Crippen LogP contribution in [0.25, 0.3) is 0 Å². The van der Waals surface area contributed by atoms with E-state index in [0.29, 0.717) is 18.8 Å². The molecular weight excluding hydrogens is 250 g/mol. The van der Waals surface area contributed by atoms with Crippen molar-refractivity contribution in [2.75, 3.05) is 26.3 Å². The Bertz CT molecular complexity index is 445. The highest BCUT2D eigenvalue weighted by molar-refractivity contribution is 5.25. The van der Waals surface area contributed by atoms with Gasteiger partial charge in [-0.1, -0.05) is 6.07 Å². The van der Waals surface area contributed by atoms with Gasteiger partial charge in [-0.3, -0.25) is 4.90 Å². The maximum absolute atomic E-state index is 13.8. The molecule has 1 fully saturated rings. The normalized spacial score (nSPS) is 19.4. The number of ether oxygens (including phenoxy) is 1. The molecular formula is C14H20F2N2O. The van der Waals surface area contributed by atoms with E-state index >= 15 is 0 Å². The van der Waals surface area contributed by atoms with Gasteiger partial charge in [0.1, 0.15) is 11.6 Å². The molecule has 3 nitrogen and oxygen atoms in total. The van der Waals surface area contributed by atoms with Gasteiger partial charge in [0.05, 0.1) is 19.3 Å². The Morgan fingerprint density at radius 1 is 1.26 bits per heavy atom. The second kappa shape index (κ2) is 5.53. The van der Waals surface area contributed by atoms with Gasteiger partial charge in [0.25, 0.3) is 0 Å². The van der Waals surface area contributed by atoms with Crippen LogP contribution in [0.1, 0.15) is 25.5 Å². The molecule has 0 amide bonds. The van der Waals surface area contributed by atoms with Crippen LogP contribution in [0, 0.1) is 11.6 Å². The van der Waals surface area contributed by atoms with Crippen molar-refractivity contribution in [3.63, 3.8) is 0 Å². The average Bonchev–Trinajstić information content (AvgIpc) is 2.39. The maximum Gasteiger partial charge on any atom is 0.130 e. The summed E-state index contributed by atoms with van der Waals surface area (Å²) in [5.74, 6) is -1.17. The number of benzene rings is 1. The van der Waals surface area contributed by atoms with Crippen LogP contribution in [0.3, 0.4) is 0 Å². The fraction of sp³-hybridized carbons (Fsp3) is 0.571. The summed E-state index contributed by atoms with van der Waals surface area (Å²) in [6, 6.07) is 3.03. The van der Waals surface area contributed by atoms with Gasteiger partial charge in [0.2, 0.25) is 0 Å². The maximum atomic E-state index is 13.8. The van der Waals surface area contributed by atoms with Gasteiger partial charge in [0, 0.05) is 30.3 Å². The van der Waals surface area contributed by atoms with E-state index in [1.54, 1.807) is 0 Å². The van der Waals surface area contributed by atoms with Crippen molar-refractivity contribution in [2.24, 2.45) is 5.73 Å². The van der Waals surface area contributed by atoms with Crippen molar-refractivity contribution in [1.82, 2.24) is 4.90 Å². The molecule has 0 aromatic heterocycles. The first-order valence-corrected chi connectivity index (χ1v) is 6.46. The zero-order chi connectivity index (χ0) is 14.0. The first-order chi connectivity index (χ1) is 8.93.